The van der Waals surface area contributed by atoms with Crippen LogP contribution in [0.3, 0.4) is 0 Å². The molecule has 0 aliphatic heterocycles. The Morgan fingerprint density at radius 2 is 1.75 bits per heavy atom. The van der Waals surface area contributed by atoms with E-state index in [0.29, 0.717) is 12.5 Å². The van der Waals surface area contributed by atoms with E-state index >= 15 is 0 Å². The lowest BCUT2D eigenvalue weighted by Crippen LogP contribution is -2.25. The Balaban J connectivity index is 4.13. The van der Waals surface area contributed by atoms with Crippen molar-refractivity contribution in [2.45, 2.75) is 59.0 Å². The van der Waals surface area contributed by atoms with E-state index in [4.69, 9.17) is 9.47 Å². The van der Waals surface area contributed by atoms with Gasteiger partial charge < -0.3 is 9.47 Å². The van der Waals surface area contributed by atoms with Crippen molar-refractivity contribution in [3.05, 3.63) is 0 Å². The summed E-state index contributed by atoms with van der Waals surface area (Å²) >= 11 is 0. The molecule has 0 spiro atoms. The van der Waals surface area contributed by atoms with Crippen LogP contribution in [0.4, 0.5) is 0 Å². The van der Waals surface area contributed by atoms with Crippen molar-refractivity contribution >= 4 is 5.97 Å². The summed E-state index contributed by atoms with van der Waals surface area (Å²) in [5.74, 6) is 0.434. The highest BCUT2D eigenvalue weighted by Gasteiger charge is 2.17. The number of rotatable bonds is 9. The van der Waals surface area contributed by atoms with Crippen LogP contribution in [0.5, 0.6) is 0 Å². The first-order valence-electron chi connectivity index (χ1n) is 6.30. The Hall–Kier alpha value is -0.570. The zero-order valence-electron chi connectivity index (χ0n) is 11.1. The second kappa shape index (κ2) is 9.64. The number of ether oxygens (including phenoxy) is 2. The first kappa shape index (κ1) is 15.4. The number of hydrogen-bond acceptors (Lipinski definition) is 3. The molecule has 0 aliphatic carbocycles. The lowest BCUT2D eigenvalue weighted by molar-refractivity contribution is -0.149. The number of methoxy groups -OCH3 is 1. The quantitative estimate of drug-likeness (QED) is 0.571. The maximum Gasteiger partial charge on any atom is 0.302 e. The van der Waals surface area contributed by atoms with Crippen molar-refractivity contribution in [2.24, 2.45) is 5.92 Å². The first-order chi connectivity index (χ1) is 7.63. The van der Waals surface area contributed by atoms with Crippen molar-refractivity contribution in [1.29, 1.82) is 0 Å². The summed E-state index contributed by atoms with van der Waals surface area (Å²) in [5.41, 5.74) is 0. The van der Waals surface area contributed by atoms with Gasteiger partial charge in [-0.05, 0) is 12.3 Å². The molecule has 3 heteroatoms. The molecule has 0 heterocycles. The monoisotopic (exact) mass is 230 g/mol. The molecular formula is C13H26O3. The summed E-state index contributed by atoms with van der Waals surface area (Å²) in [7, 11) is 1.64. The minimum absolute atomic E-state index is 0.0781. The molecule has 96 valence electrons. The lowest BCUT2D eigenvalue weighted by atomic mass is 9.92. The van der Waals surface area contributed by atoms with Gasteiger partial charge in [0.2, 0.25) is 0 Å². The summed E-state index contributed by atoms with van der Waals surface area (Å²) in [5, 5.41) is 0. The highest BCUT2D eigenvalue weighted by Crippen LogP contribution is 2.21. The van der Waals surface area contributed by atoms with Gasteiger partial charge in [0, 0.05) is 14.0 Å². The van der Waals surface area contributed by atoms with E-state index in [9.17, 15) is 4.79 Å². The predicted octanol–water partition coefficient (Wildman–Crippen LogP) is 3.17. The molecule has 0 fully saturated rings. The summed E-state index contributed by atoms with van der Waals surface area (Å²) in [4.78, 5) is 10.9. The van der Waals surface area contributed by atoms with Gasteiger partial charge in [0.25, 0.3) is 0 Å². The lowest BCUT2D eigenvalue weighted by Gasteiger charge is -2.22. The summed E-state index contributed by atoms with van der Waals surface area (Å²) in [6.45, 7) is 6.35. The normalized spacial score (nSPS) is 12.8. The molecule has 0 aliphatic rings. The van der Waals surface area contributed by atoms with E-state index in [1.165, 1.54) is 32.6 Å². The third kappa shape index (κ3) is 7.69. The molecule has 0 saturated heterocycles. The van der Waals surface area contributed by atoms with Crippen LogP contribution in [0, 0.1) is 5.92 Å². The molecular weight excluding hydrogens is 204 g/mol. The molecule has 0 bridgehead atoms. The van der Waals surface area contributed by atoms with Crippen LogP contribution in [0.2, 0.25) is 0 Å². The van der Waals surface area contributed by atoms with E-state index in [-0.39, 0.29) is 12.1 Å². The van der Waals surface area contributed by atoms with Crippen LogP contribution in [0.1, 0.15) is 52.9 Å². The SMILES string of the molecule is CCCC(CCC)CC(COC)OC(C)=O. The second-order valence-corrected chi connectivity index (χ2v) is 4.37. The van der Waals surface area contributed by atoms with Crippen LogP contribution in [-0.4, -0.2) is 25.8 Å². The molecule has 0 rings (SSSR count). The third-order valence-corrected chi connectivity index (χ3v) is 2.68. The minimum Gasteiger partial charge on any atom is -0.460 e. The van der Waals surface area contributed by atoms with Crippen molar-refractivity contribution < 1.29 is 14.3 Å². The van der Waals surface area contributed by atoms with Gasteiger partial charge >= 0.3 is 5.97 Å². The molecule has 0 radical (unpaired) electrons. The van der Waals surface area contributed by atoms with Crippen LogP contribution in [0.25, 0.3) is 0 Å². The fraction of sp³-hybridized carbons (Fsp3) is 0.923. The van der Waals surface area contributed by atoms with E-state index in [2.05, 4.69) is 13.8 Å². The molecule has 0 N–H and O–H groups in total. The molecule has 3 nitrogen and oxygen atoms in total. The molecule has 0 aromatic carbocycles. The number of hydrogen-bond donors (Lipinski definition) is 0. The van der Waals surface area contributed by atoms with Crippen molar-refractivity contribution in [2.75, 3.05) is 13.7 Å². The standard InChI is InChI=1S/C13H26O3/c1-5-7-12(8-6-2)9-13(10-15-4)16-11(3)14/h12-13H,5-10H2,1-4H3. The number of esters is 1. The average Bonchev–Trinajstić information content (AvgIpc) is 2.17. The molecule has 0 aromatic heterocycles. The van der Waals surface area contributed by atoms with Gasteiger partial charge in [0.1, 0.15) is 6.10 Å². The fourth-order valence-electron chi connectivity index (χ4n) is 2.14. The zero-order valence-corrected chi connectivity index (χ0v) is 11.1. The fourth-order valence-corrected chi connectivity index (χ4v) is 2.14. The van der Waals surface area contributed by atoms with Crippen LogP contribution < -0.4 is 0 Å². The Morgan fingerprint density at radius 1 is 1.19 bits per heavy atom. The molecule has 0 saturated carbocycles. The van der Waals surface area contributed by atoms with Gasteiger partial charge in [0.05, 0.1) is 6.61 Å². The summed E-state index contributed by atoms with van der Waals surface area (Å²) < 4.78 is 10.3. The molecule has 1 atom stereocenters. The van der Waals surface area contributed by atoms with Crippen LogP contribution >= 0.6 is 0 Å². The molecule has 16 heavy (non-hydrogen) atoms. The topological polar surface area (TPSA) is 35.5 Å². The average molecular weight is 230 g/mol. The molecule has 0 aromatic rings. The molecule has 0 amide bonds. The van der Waals surface area contributed by atoms with Gasteiger partial charge in [-0.15, -0.1) is 0 Å². The maximum atomic E-state index is 10.9. The van der Waals surface area contributed by atoms with E-state index < -0.39 is 0 Å². The van der Waals surface area contributed by atoms with Gasteiger partial charge in [-0.3, -0.25) is 4.79 Å². The Kier molecular flexibility index (Phi) is 9.30. The summed E-state index contributed by atoms with van der Waals surface area (Å²) in [6.07, 6.45) is 5.62. The van der Waals surface area contributed by atoms with Crippen molar-refractivity contribution in [3.8, 4) is 0 Å². The highest BCUT2D eigenvalue weighted by atomic mass is 16.6. The van der Waals surface area contributed by atoms with Gasteiger partial charge in [-0.1, -0.05) is 39.5 Å². The first-order valence-corrected chi connectivity index (χ1v) is 6.30. The highest BCUT2D eigenvalue weighted by molar-refractivity contribution is 5.66. The van der Waals surface area contributed by atoms with E-state index in [0.717, 1.165) is 6.42 Å². The number of carbonyl (C=O) groups excluding carboxylic acids is 1. The second-order valence-electron chi connectivity index (χ2n) is 4.37. The third-order valence-electron chi connectivity index (χ3n) is 2.68. The van der Waals surface area contributed by atoms with E-state index in [1.807, 2.05) is 0 Å². The number of carbonyl (C=O) groups is 1. The molecule has 1 unspecified atom stereocenters. The van der Waals surface area contributed by atoms with Gasteiger partial charge in [0.15, 0.2) is 0 Å². The van der Waals surface area contributed by atoms with E-state index in [1.54, 1.807) is 7.11 Å². The van der Waals surface area contributed by atoms with Crippen LogP contribution in [0.15, 0.2) is 0 Å². The van der Waals surface area contributed by atoms with Crippen LogP contribution in [-0.2, 0) is 14.3 Å². The Labute approximate surface area is 99.5 Å². The Morgan fingerprint density at radius 3 is 2.12 bits per heavy atom. The van der Waals surface area contributed by atoms with Crippen molar-refractivity contribution in [3.63, 3.8) is 0 Å². The van der Waals surface area contributed by atoms with Gasteiger partial charge in [-0.25, -0.2) is 0 Å². The zero-order chi connectivity index (χ0) is 12.4. The summed E-state index contributed by atoms with van der Waals surface area (Å²) in [6, 6.07) is 0. The predicted molar refractivity (Wildman–Crippen MR) is 65.4 cm³/mol. The largest absolute Gasteiger partial charge is 0.460 e. The van der Waals surface area contributed by atoms with Gasteiger partial charge in [-0.2, -0.15) is 0 Å². The minimum atomic E-state index is -0.214. The van der Waals surface area contributed by atoms with Crippen molar-refractivity contribution in [1.82, 2.24) is 0 Å². The maximum absolute atomic E-state index is 10.9. The smallest absolute Gasteiger partial charge is 0.302 e. The Bertz CT molecular complexity index is 174.